The first kappa shape index (κ1) is 40.4. The maximum atomic E-state index is 13.9. The first-order valence-corrected chi connectivity index (χ1v) is 17.4. The molecule has 3 heterocycles. The summed E-state index contributed by atoms with van der Waals surface area (Å²) in [6.07, 6.45) is 1.39. The predicted octanol–water partition coefficient (Wildman–Crippen LogP) is 8.43. The highest BCUT2D eigenvalue weighted by Crippen LogP contribution is 2.36. The number of alkyl halides is 6. The zero-order valence-electron chi connectivity index (χ0n) is 29.9. The van der Waals surface area contributed by atoms with E-state index in [9.17, 15) is 41.0 Å². The van der Waals surface area contributed by atoms with Crippen molar-refractivity contribution >= 4 is 18.0 Å². The van der Waals surface area contributed by atoms with Crippen LogP contribution >= 0.6 is 0 Å². The number of aryl methyl sites for hydroxylation is 1. The number of hydrogen-bond donors (Lipinski definition) is 1. The molecule has 2 aliphatic rings. The molecule has 2 aromatic heterocycles. The summed E-state index contributed by atoms with van der Waals surface area (Å²) in [5.74, 6) is -1.24. The number of halogens is 6. The van der Waals surface area contributed by atoms with Gasteiger partial charge in [0, 0.05) is 67.0 Å². The van der Waals surface area contributed by atoms with Crippen molar-refractivity contribution in [1.82, 2.24) is 24.6 Å². The Labute approximate surface area is 299 Å². The number of rotatable bonds is 11. The summed E-state index contributed by atoms with van der Waals surface area (Å²) in [5.41, 5.74) is -1.10. The molecule has 2 aromatic rings. The molecule has 2 fully saturated rings. The van der Waals surface area contributed by atoms with Gasteiger partial charge in [-0.15, -0.1) is 0 Å². The number of amides is 1. The number of carbonyl (C=O) groups is 2. The van der Waals surface area contributed by atoms with Crippen molar-refractivity contribution < 1.29 is 45.8 Å². The first-order valence-electron chi connectivity index (χ1n) is 17.4. The van der Waals surface area contributed by atoms with Crippen LogP contribution < -0.4 is 4.90 Å². The van der Waals surface area contributed by atoms with Crippen molar-refractivity contribution in [3.63, 3.8) is 0 Å². The molecule has 3 atom stereocenters. The summed E-state index contributed by atoms with van der Waals surface area (Å²) in [4.78, 5) is 37.5. The van der Waals surface area contributed by atoms with Crippen molar-refractivity contribution in [2.24, 2.45) is 13.0 Å². The Morgan fingerprint density at radius 3 is 2.00 bits per heavy atom. The van der Waals surface area contributed by atoms with Gasteiger partial charge in [0.05, 0.1) is 17.7 Å². The Hall–Kier alpha value is -4.37. The third-order valence-electron chi connectivity index (χ3n) is 9.87. The minimum atomic E-state index is -4.81. The average molecular weight is 741 g/mol. The number of ether oxygens (including phenoxy) is 1. The lowest BCUT2D eigenvalue weighted by atomic mass is 9.87. The van der Waals surface area contributed by atoms with Gasteiger partial charge in [0.1, 0.15) is 6.10 Å². The Morgan fingerprint density at radius 1 is 0.942 bits per heavy atom. The van der Waals surface area contributed by atoms with E-state index in [2.05, 4.69) is 15.1 Å². The van der Waals surface area contributed by atoms with Gasteiger partial charge in [-0.05, 0) is 82.9 Å². The number of allylic oxidation sites excluding steroid dienone is 4. The van der Waals surface area contributed by atoms with E-state index in [4.69, 9.17) is 4.74 Å². The van der Waals surface area contributed by atoms with E-state index in [0.29, 0.717) is 74.6 Å². The molecule has 1 N–H and O–H groups in total. The second kappa shape index (κ2) is 17.0. The van der Waals surface area contributed by atoms with Crippen molar-refractivity contribution in [2.45, 2.75) is 116 Å². The maximum Gasteiger partial charge on any atom is 0.416 e. The molecule has 1 amide bonds. The molecule has 0 radical (unpaired) electrons. The van der Waals surface area contributed by atoms with Crippen LogP contribution in [0.15, 0.2) is 59.7 Å². The van der Waals surface area contributed by atoms with E-state index in [1.165, 1.54) is 19.3 Å². The largest absolute Gasteiger partial charge is 0.481 e. The highest BCUT2D eigenvalue weighted by molar-refractivity contribution is 5.70. The molecule has 0 aromatic carbocycles. The molecule has 1 unspecified atom stereocenters. The van der Waals surface area contributed by atoms with Gasteiger partial charge in [0.15, 0.2) is 0 Å². The summed E-state index contributed by atoms with van der Waals surface area (Å²) in [5, 5.41) is 13.5. The highest BCUT2D eigenvalue weighted by Gasteiger charge is 2.42. The number of piperidine rings is 1. The van der Waals surface area contributed by atoms with Crippen LogP contribution in [0.3, 0.4) is 0 Å². The molecule has 10 nitrogen and oxygen atoms in total. The number of aromatic nitrogens is 4. The number of likely N-dealkylation sites (tertiary alicyclic amines) is 1. The van der Waals surface area contributed by atoms with Gasteiger partial charge in [-0.25, -0.2) is 14.8 Å². The van der Waals surface area contributed by atoms with Crippen LogP contribution in [-0.4, -0.2) is 84.9 Å². The molecule has 4 rings (SSSR count). The number of carboxylic acid groups (broad SMARTS) is 1. The molecule has 286 valence electrons. The summed E-state index contributed by atoms with van der Waals surface area (Å²) in [6, 6.07) is -1.26. The number of anilines is 1. The summed E-state index contributed by atoms with van der Waals surface area (Å²) >= 11 is 0. The summed E-state index contributed by atoms with van der Waals surface area (Å²) in [6.45, 7) is 5.37. The molecule has 1 saturated carbocycles. The molecule has 16 heteroatoms. The second-order valence-corrected chi connectivity index (χ2v) is 13.4. The fraction of sp³-hybridized carbons (Fsp3) is 0.583. The minimum Gasteiger partial charge on any atom is -0.481 e. The molecule has 52 heavy (non-hydrogen) atoms. The third kappa shape index (κ3) is 10.1. The third-order valence-corrected chi connectivity index (χ3v) is 9.87. The zero-order valence-corrected chi connectivity index (χ0v) is 29.9. The lowest BCUT2D eigenvalue weighted by Crippen LogP contribution is -2.57. The van der Waals surface area contributed by atoms with Gasteiger partial charge < -0.3 is 19.6 Å². The van der Waals surface area contributed by atoms with Crippen LogP contribution in [0.2, 0.25) is 0 Å². The summed E-state index contributed by atoms with van der Waals surface area (Å²) < 4.78 is 90.6. The van der Waals surface area contributed by atoms with E-state index < -0.39 is 53.6 Å². The monoisotopic (exact) mass is 740 g/mol. The Kier molecular flexibility index (Phi) is 13.2. The van der Waals surface area contributed by atoms with Crippen LogP contribution in [0, 0.1) is 5.92 Å². The molecule has 1 aliphatic carbocycles. The SMILES string of the molecule is C\C=C(/C=C(\C=C(/C)C(F)(F)F)CN(c1ncc(-c2cnn(C)c2)cn1)C1C[C@@H](CC)N(C(=O)OC2CCC(C(=O)O)CC2)[C@@H](CC)C1)C(F)(F)F. The van der Waals surface area contributed by atoms with Crippen LogP contribution in [0.1, 0.15) is 79.1 Å². The zero-order chi connectivity index (χ0) is 38.4. The lowest BCUT2D eigenvalue weighted by molar-refractivity contribution is -0.143. The van der Waals surface area contributed by atoms with Gasteiger partial charge >= 0.3 is 24.4 Å². The van der Waals surface area contributed by atoms with E-state index >= 15 is 0 Å². The van der Waals surface area contributed by atoms with Gasteiger partial charge in [-0.1, -0.05) is 19.9 Å². The van der Waals surface area contributed by atoms with E-state index in [0.717, 1.165) is 13.0 Å². The molecule has 1 saturated heterocycles. The van der Waals surface area contributed by atoms with Gasteiger partial charge in [0.25, 0.3) is 0 Å². The second-order valence-electron chi connectivity index (χ2n) is 13.4. The smallest absolute Gasteiger partial charge is 0.416 e. The van der Waals surface area contributed by atoms with Crippen LogP contribution in [-0.2, 0) is 16.6 Å². The van der Waals surface area contributed by atoms with Crippen LogP contribution in [0.25, 0.3) is 11.1 Å². The Balaban J connectivity index is 1.71. The number of carboxylic acids is 1. The van der Waals surface area contributed by atoms with E-state index in [1.54, 1.807) is 33.9 Å². The maximum absolute atomic E-state index is 13.9. The average Bonchev–Trinajstić information content (AvgIpc) is 3.53. The Bertz CT molecular complexity index is 1610. The number of nitrogens with zero attached hydrogens (tertiary/aromatic N) is 6. The van der Waals surface area contributed by atoms with Crippen molar-refractivity contribution in [3.8, 4) is 11.1 Å². The fourth-order valence-electron chi connectivity index (χ4n) is 6.93. The van der Waals surface area contributed by atoms with Crippen molar-refractivity contribution in [1.29, 1.82) is 0 Å². The van der Waals surface area contributed by atoms with Crippen molar-refractivity contribution in [2.75, 3.05) is 11.4 Å². The van der Waals surface area contributed by atoms with E-state index in [-0.39, 0.29) is 30.1 Å². The summed E-state index contributed by atoms with van der Waals surface area (Å²) in [7, 11) is 1.74. The van der Waals surface area contributed by atoms with E-state index in [1.807, 2.05) is 13.8 Å². The Morgan fingerprint density at radius 2 is 1.54 bits per heavy atom. The predicted molar refractivity (Wildman–Crippen MR) is 182 cm³/mol. The molecular weight excluding hydrogens is 694 g/mol. The molecule has 0 bridgehead atoms. The topological polar surface area (TPSA) is 114 Å². The first-order chi connectivity index (χ1) is 24.4. The lowest BCUT2D eigenvalue weighted by Gasteiger charge is -2.48. The minimum absolute atomic E-state index is 0.103. The number of aliphatic carboxylic acids is 1. The molecule has 1 aliphatic heterocycles. The van der Waals surface area contributed by atoms with Crippen LogP contribution in [0.4, 0.5) is 37.1 Å². The van der Waals surface area contributed by atoms with Gasteiger partial charge in [0.2, 0.25) is 5.95 Å². The standard InChI is InChI=1S/C36H46F6N6O4/c1-6-27(36(40,41)42)14-23(13-22(4)35(37,38)39)20-47(33-43-17-25(18-44-33)26-19-45-46(5)21-26)30-15-28(7-2)48(29(8-3)16-30)34(51)52-31-11-9-24(10-12-31)32(49)50/h6,13-14,17-19,21,24,28-31H,7-12,15-16,20H2,1-5H3,(H,49,50)/b22-13+,23-14+,27-6+/t24?,28-,29+,30?,31?. The number of hydrogen-bond acceptors (Lipinski definition) is 7. The van der Waals surface area contributed by atoms with Crippen molar-refractivity contribution in [3.05, 3.63) is 59.7 Å². The quantitative estimate of drug-likeness (QED) is 0.181. The van der Waals surface area contributed by atoms with Gasteiger partial charge in [-0.3, -0.25) is 9.48 Å². The number of carbonyl (C=O) groups excluding carboxylic acids is 1. The molecule has 0 spiro atoms. The van der Waals surface area contributed by atoms with Gasteiger partial charge in [-0.2, -0.15) is 31.4 Å². The van der Waals surface area contributed by atoms with Crippen LogP contribution in [0.5, 0.6) is 0 Å². The fourth-order valence-corrected chi connectivity index (χ4v) is 6.93. The molecular formula is C36H46F6N6O4. The highest BCUT2D eigenvalue weighted by atomic mass is 19.4. The normalized spacial score (nSPS) is 23.8.